The van der Waals surface area contributed by atoms with E-state index in [2.05, 4.69) is 5.16 Å². The molecule has 0 atom stereocenters. The van der Waals surface area contributed by atoms with E-state index in [0.717, 1.165) is 11.1 Å². The van der Waals surface area contributed by atoms with Crippen molar-refractivity contribution in [3.8, 4) is 22.8 Å². The minimum Gasteiger partial charge on any atom is -0.489 e. The minimum atomic E-state index is -0.850. The van der Waals surface area contributed by atoms with Crippen LogP contribution in [0.5, 0.6) is 11.5 Å². The summed E-state index contributed by atoms with van der Waals surface area (Å²) in [7, 11) is 0. The number of ether oxygens (including phenoxy) is 2. The lowest BCUT2D eigenvalue weighted by molar-refractivity contribution is 0.191. The smallest absolute Gasteiger partial charge is 0.228 e. The molecular weight excluding hydrogens is 299 g/mol. The van der Waals surface area contributed by atoms with Gasteiger partial charge in [0.2, 0.25) is 6.86 Å². The van der Waals surface area contributed by atoms with Crippen molar-refractivity contribution in [2.75, 3.05) is 12.6 Å². The van der Waals surface area contributed by atoms with Crippen molar-refractivity contribution in [1.82, 2.24) is 5.16 Å². The van der Waals surface area contributed by atoms with E-state index in [0.29, 0.717) is 29.5 Å². The van der Waals surface area contributed by atoms with Crippen LogP contribution in [0.15, 0.2) is 59.3 Å². The zero-order valence-electron chi connectivity index (χ0n) is 12.2. The fourth-order valence-electron chi connectivity index (χ4n) is 2.13. The van der Waals surface area contributed by atoms with E-state index in [-0.39, 0.29) is 0 Å². The van der Waals surface area contributed by atoms with Gasteiger partial charge >= 0.3 is 0 Å². The topological polar surface area (TPSA) is 70.5 Å². The maximum atomic E-state index is 12.2. The van der Waals surface area contributed by atoms with Crippen LogP contribution in [0.1, 0.15) is 5.56 Å². The molecule has 0 spiro atoms. The minimum absolute atomic E-state index is 0.356. The van der Waals surface area contributed by atoms with Gasteiger partial charge in [0.1, 0.15) is 35.8 Å². The van der Waals surface area contributed by atoms with E-state index in [9.17, 15) is 4.39 Å². The molecule has 0 saturated carbocycles. The molecule has 0 unspecified atom stereocenters. The zero-order valence-corrected chi connectivity index (χ0v) is 12.2. The quantitative estimate of drug-likeness (QED) is 0.749. The molecule has 5 nitrogen and oxygen atoms in total. The van der Waals surface area contributed by atoms with Gasteiger partial charge in [0.15, 0.2) is 0 Å². The lowest BCUT2D eigenvalue weighted by Gasteiger charge is -2.08. The summed E-state index contributed by atoms with van der Waals surface area (Å²) in [5, 5.41) is 3.85. The van der Waals surface area contributed by atoms with Crippen molar-refractivity contribution in [3.63, 3.8) is 0 Å². The maximum absolute atomic E-state index is 12.2. The fraction of sp³-hybridized carbons (Fsp3) is 0.118. The van der Waals surface area contributed by atoms with E-state index in [1.165, 1.54) is 6.26 Å². The Hall–Kier alpha value is -3.02. The second kappa shape index (κ2) is 6.83. The van der Waals surface area contributed by atoms with Gasteiger partial charge in [0, 0.05) is 5.56 Å². The van der Waals surface area contributed by atoms with E-state index in [1.54, 1.807) is 18.2 Å². The summed E-state index contributed by atoms with van der Waals surface area (Å²) in [6.07, 6.45) is 1.40. The van der Waals surface area contributed by atoms with Crippen molar-refractivity contribution in [3.05, 3.63) is 60.4 Å². The first-order valence-corrected chi connectivity index (χ1v) is 6.97. The van der Waals surface area contributed by atoms with E-state index >= 15 is 0 Å². The van der Waals surface area contributed by atoms with Gasteiger partial charge < -0.3 is 19.7 Å². The number of benzene rings is 2. The fourth-order valence-corrected chi connectivity index (χ4v) is 2.13. The molecule has 0 fully saturated rings. The summed E-state index contributed by atoms with van der Waals surface area (Å²) in [5.74, 6) is 1.18. The Labute approximate surface area is 132 Å². The lowest BCUT2D eigenvalue weighted by Crippen LogP contribution is -1.97. The summed E-state index contributed by atoms with van der Waals surface area (Å²) in [6.45, 7) is -0.494. The predicted molar refractivity (Wildman–Crippen MR) is 83.7 cm³/mol. The highest BCUT2D eigenvalue weighted by molar-refractivity contribution is 5.71. The molecule has 3 aromatic rings. The van der Waals surface area contributed by atoms with Crippen molar-refractivity contribution < 1.29 is 18.4 Å². The molecule has 6 heteroatoms. The van der Waals surface area contributed by atoms with Crippen molar-refractivity contribution >= 4 is 5.69 Å². The van der Waals surface area contributed by atoms with Crippen LogP contribution >= 0.6 is 0 Å². The van der Waals surface area contributed by atoms with Gasteiger partial charge in [-0.3, -0.25) is 0 Å². The number of alkyl halides is 1. The van der Waals surface area contributed by atoms with Gasteiger partial charge in [-0.1, -0.05) is 17.3 Å². The highest BCUT2D eigenvalue weighted by atomic mass is 19.1. The van der Waals surface area contributed by atoms with Crippen LogP contribution in [0.3, 0.4) is 0 Å². The Morgan fingerprint density at radius 3 is 2.57 bits per heavy atom. The molecule has 1 aromatic heterocycles. The normalized spacial score (nSPS) is 10.5. The number of nitrogen functional groups attached to an aromatic ring is 1. The van der Waals surface area contributed by atoms with Gasteiger partial charge in [0.05, 0.1) is 0 Å². The number of halogens is 1. The van der Waals surface area contributed by atoms with E-state index in [1.807, 2.05) is 30.3 Å². The first kappa shape index (κ1) is 14.9. The number of nitrogens with zero attached hydrogens (tertiary/aromatic N) is 1. The predicted octanol–water partition coefficient (Wildman–Crippen LogP) is 3.81. The number of nitrogens with two attached hydrogens (primary N) is 1. The van der Waals surface area contributed by atoms with Gasteiger partial charge in [-0.25, -0.2) is 4.39 Å². The maximum Gasteiger partial charge on any atom is 0.228 e. The lowest BCUT2D eigenvalue weighted by atomic mass is 10.1. The molecule has 0 saturated heterocycles. The summed E-state index contributed by atoms with van der Waals surface area (Å²) in [4.78, 5) is 0. The third-order valence-electron chi connectivity index (χ3n) is 3.25. The molecular formula is C17H15FN2O3. The largest absolute Gasteiger partial charge is 0.489 e. The van der Waals surface area contributed by atoms with Gasteiger partial charge in [-0.15, -0.1) is 0 Å². The van der Waals surface area contributed by atoms with Crippen LogP contribution in [-0.4, -0.2) is 12.0 Å². The molecule has 0 aliphatic carbocycles. The first-order chi connectivity index (χ1) is 11.3. The molecule has 3 rings (SSSR count). The van der Waals surface area contributed by atoms with Crippen LogP contribution < -0.4 is 15.2 Å². The molecule has 0 aliphatic rings. The zero-order chi connectivity index (χ0) is 16.1. The molecule has 0 bridgehead atoms. The molecule has 0 amide bonds. The highest BCUT2D eigenvalue weighted by Crippen LogP contribution is 2.26. The van der Waals surface area contributed by atoms with Crippen molar-refractivity contribution in [2.24, 2.45) is 0 Å². The molecule has 1 heterocycles. The van der Waals surface area contributed by atoms with Gasteiger partial charge in [-0.05, 0) is 42.0 Å². The number of hydrogen-bond donors (Lipinski definition) is 1. The SMILES string of the molecule is Nc1conc1-c1ccc(OCc2cccc(OCF)c2)cc1. The Morgan fingerprint density at radius 1 is 1.04 bits per heavy atom. The molecule has 118 valence electrons. The molecule has 0 radical (unpaired) electrons. The summed E-state index contributed by atoms with van der Waals surface area (Å²) >= 11 is 0. The Bertz CT molecular complexity index is 772. The highest BCUT2D eigenvalue weighted by Gasteiger charge is 2.07. The first-order valence-electron chi connectivity index (χ1n) is 6.97. The summed E-state index contributed by atoms with van der Waals surface area (Å²) in [6, 6.07) is 14.5. The third-order valence-corrected chi connectivity index (χ3v) is 3.25. The van der Waals surface area contributed by atoms with E-state index in [4.69, 9.17) is 19.7 Å². The van der Waals surface area contributed by atoms with Crippen LogP contribution in [0.4, 0.5) is 10.1 Å². The number of hydrogen-bond acceptors (Lipinski definition) is 5. The number of rotatable bonds is 6. The van der Waals surface area contributed by atoms with Crippen LogP contribution in [0, 0.1) is 0 Å². The molecule has 0 aliphatic heterocycles. The molecule has 23 heavy (non-hydrogen) atoms. The summed E-state index contributed by atoms with van der Waals surface area (Å²) < 4.78 is 27.5. The Balaban J connectivity index is 1.65. The molecule has 2 N–H and O–H groups in total. The Morgan fingerprint density at radius 2 is 1.87 bits per heavy atom. The number of anilines is 1. The Kier molecular flexibility index (Phi) is 4.42. The second-order valence-electron chi connectivity index (χ2n) is 4.83. The van der Waals surface area contributed by atoms with Gasteiger partial charge in [0.25, 0.3) is 0 Å². The third kappa shape index (κ3) is 3.60. The van der Waals surface area contributed by atoms with E-state index < -0.39 is 6.86 Å². The average Bonchev–Trinajstić information content (AvgIpc) is 3.00. The van der Waals surface area contributed by atoms with Crippen LogP contribution in [0.25, 0.3) is 11.3 Å². The second-order valence-corrected chi connectivity index (χ2v) is 4.83. The average molecular weight is 314 g/mol. The van der Waals surface area contributed by atoms with Crippen LogP contribution in [-0.2, 0) is 6.61 Å². The molecule has 2 aromatic carbocycles. The number of aromatic nitrogens is 1. The standard InChI is InChI=1S/C17H15FN2O3/c18-11-22-15-3-1-2-12(8-15)9-21-14-6-4-13(5-7-14)17-16(19)10-23-20-17/h1-8,10H,9,11,19H2. The van der Waals surface area contributed by atoms with Crippen LogP contribution in [0.2, 0.25) is 0 Å². The monoisotopic (exact) mass is 314 g/mol. The van der Waals surface area contributed by atoms with Gasteiger partial charge in [-0.2, -0.15) is 0 Å². The van der Waals surface area contributed by atoms with Crippen molar-refractivity contribution in [1.29, 1.82) is 0 Å². The van der Waals surface area contributed by atoms with Crippen molar-refractivity contribution in [2.45, 2.75) is 6.61 Å². The summed E-state index contributed by atoms with van der Waals surface area (Å²) in [5.41, 5.74) is 8.59.